The molecule has 0 amide bonds. The fraction of sp³-hybridized carbons (Fsp3) is 0.417. The minimum Gasteiger partial charge on any atom is -0.372 e. The Labute approximate surface area is 90.6 Å². The van der Waals surface area contributed by atoms with E-state index < -0.39 is 0 Å². The van der Waals surface area contributed by atoms with Gasteiger partial charge in [0.15, 0.2) is 0 Å². The lowest BCUT2D eigenvalue weighted by atomic mass is 10.1. The van der Waals surface area contributed by atoms with Crippen molar-refractivity contribution in [1.82, 2.24) is 0 Å². The molecule has 2 rings (SSSR count). The van der Waals surface area contributed by atoms with Crippen LogP contribution in [0.3, 0.4) is 0 Å². The second kappa shape index (κ2) is 4.82. The molecule has 2 N–H and O–H groups in total. The minimum absolute atomic E-state index is 1.05. The number of nitrogens with zero attached hydrogens (tertiary/aromatic N) is 2. The summed E-state index contributed by atoms with van der Waals surface area (Å²) in [6, 6.07) is 8.39. The van der Waals surface area contributed by atoms with E-state index in [9.17, 15) is 0 Å². The van der Waals surface area contributed by atoms with E-state index in [0.717, 1.165) is 5.56 Å². The molecular weight excluding hydrogens is 186 g/mol. The van der Waals surface area contributed by atoms with E-state index in [1.807, 2.05) is 0 Å². The number of hydrogen-bond donors (Lipinski definition) is 1. The molecule has 3 heteroatoms. The van der Waals surface area contributed by atoms with Crippen molar-refractivity contribution in [3.63, 3.8) is 0 Å². The average Bonchev–Trinajstić information content (AvgIpc) is 2.32. The van der Waals surface area contributed by atoms with E-state index in [2.05, 4.69) is 34.3 Å². The Morgan fingerprint density at radius 2 is 1.73 bits per heavy atom. The Kier molecular flexibility index (Phi) is 3.22. The van der Waals surface area contributed by atoms with Crippen molar-refractivity contribution >= 4 is 11.9 Å². The van der Waals surface area contributed by atoms with Crippen LogP contribution in [-0.4, -0.2) is 19.3 Å². The predicted octanol–water partition coefficient (Wildman–Crippen LogP) is 1.97. The number of piperidine rings is 1. The second-order valence-electron chi connectivity index (χ2n) is 3.92. The lowest BCUT2D eigenvalue weighted by Crippen LogP contribution is -2.29. The van der Waals surface area contributed by atoms with E-state index in [4.69, 9.17) is 5.84 Å². The third kappa shape index (κ3) is 2.49. The summed E-state index contributed by atoms with van der Waals surface area (Å²) in [5, 5.41) is 3.51. The van der Waals surface area contributed by atoms with Gasteiger partial charge in [-0.15, -0.1) is 0 Å². The van der Waals surface area contributed by atoms with E-state index >= 15 is 0 Å². The molecule has 0 atom stereocenters. The van der Waals surface area contributed by atoms with Crippen molar-refractivity contribution in [1.29, 1.82) is 0 Å². The summed E-state index contributed by atoms with van der Waals surface area (Å²) in [5.74, 6) is 5.10. The zero-order valence-electron chi connectivity index (χ0n) is 8.89. The van der Waals surface area contributed by atoms with Gasteiger partial charge in [0.2, 0.25) is 0 Å². The first-order valence-corrected chi connectivity index (χ1v) is 5.48. The third-order valence-corrected chi connectivity index (χ3v) is 2.84. The summed E-state index contributed by atoms with van der Waals surface area (Å²) < 4.78 is 0. The Morgan fingerprint density at radius 1 is 1.07 bits per heavy atom. The number of hydrazone groups is 1. The van der Waals surface area contributed by atoms with Crippen LogP contribution in [-0.2, 0) is 0 Å². The lowest BCUT2D eigenvalue weighted by molar-refractivity contribution is 0.578. The largest absolute Gasteiger partial charge is 0.372 e. The molecule has 0 spiro atoms. The normalized spacial score (nSPS) is 17.2. The van der Waals surface area contributed by atoms with Crippen molar-refractivity contribution < 1.29 is 0 Å². The van der Waals surface area contributed by atoms with Gasteiger partial charge in [-0.05, 0) is 37.0 Å². The molecule has 1 saturated heterocycles. The molecule has 1 aromatic rings. The molecule has 80 valence electrons. The van der Waals surface area contributed by atoms with Gasteiger partial charge in [0.25, 0.3) is 0 Å². The molecule has 0 aliphatic carbocycles. The van der Waals surface area contributed by atoms with Crippen LogP contribution in [0.4, 0.5) is 5.69 Å². The van der Waals surface area contributed by atoms with Crippen LogP contribution >= 0.6 is 0 Å². The summed E-state index contributed by atoms with van der Waals surface area (Å²) in [5.41, 5.74) is 2.36. The molecule has 1 aromatic carbocycles. The first kappa shape index (κ1) is 10.0. The molecule has 1 aliphatic rings. The van der Waals surface area contributed by atoms with Crippen LogP contribution < -0.4 is 10.7 Å². The highest BCUT2D eigenvalue weighted by Gasteiger charge is 2.09. The van der Waals surface area contributed by atoms with Crippen molar-refractivity contribution in [2.45, 2.75) is 19.3 Å². The van der Waals surface area contributed by atoms with E-state index in [0.29, 0.717) is 0 Å². The van der Waals surface area contributed by atoms with Crippen LogP contribution in [0.25, 0.3) is 0 Å². The van der Waals surface area contributed by atoms with Crippen LogP contribution in [0.2, 0.25) is 0 Å². The van der Waals surface area contributed by atoms with Gasteiger partial charge < -0.3 is 10.7 Å². The first-order chi connectivity index (χ1) is 7.40. The smallest absolute Gasteiger partial charge is 0.0538 e. The first-order valence-electron chi connectivity index (χ1n) is 5.48. The van der Waals surface area contributed by atoms with Gasteiger partial charge in [-0.25, -0.2) is 0 Å². The van der Waals surface area contributed by atoms with E-state index in [-0.39, 0.29) is 0 Å². The lowest BCUT2D eigenvalue weighted by Gasteiger charge is -2.28. The Balaban J connectivity index is 2.08. The summed E-state index contributed by atoms with van der Waals surface area (Å²) in [6.45, 7) is 2.37. The van der Waals surface area contributed by atoms with Crippen molar-refractivity contribution in [2.24, 2.45) is 10.9 Å². The zero-order chi connectivity index (χ0) is 10.5. The van der Waals surface area contributed by atoms with Gasteiger partial charge in [-0.3, -0.25) is 0 Å². The number of nitrogens with two attached hydrogens (primary N) is 1. The highest BCUT2D eigenvalue weighted by molar-refractivity contribution is 5.80. The number of rotatable bonds is 2. The zero-order valence-corrected chi connectivity index (χ0v) is 8.89. The van der Waals surface area contributed by atoms with Crippen LogP contribution in [0, 0.1) is 0 Å². The topological polar surface area (TPSA) is 41.6 Å². The third-order valence-electron chi connectivity index (χ3n) is 2.84. The monoisotopic (exact) mass is 203 g/mol. The number of hydrogen-bond acceptors (Lipinski definition) is 3. The van der Waals surface area contributed by atoms with Crippen molar-refractivity contribution in [3.8, 4) is 0 Å². The Hall–Kier alpha value is -1.51. The molecule has 3 nitrogen and oxygen atoms in total. The van der Waals surface area contributed by atoms with Crippen molar-refractivity contribution in [3.05, 3.63) is 29.8 Å². The summed E-state index contributed by atoms with van der Waals surface area (Å²) in [7, 11) is 0. The highest BCUT2D eigenvalue weighted by Crippen LogP contribution is 2.19. The molecule has 0 bridgehead atoms. The maximum atomic E-state index is 5.10. The second-order valence-corrected chi connectivity index (χ2v) is 3.92. The number of benzene rings is 1. The minimum atomic E-state index is 1.05. The van der Waals surface area contributed by atoms with Gasteiger partial charge in [-0.2, -0.15) is 5.10 Å². The maximum absolute atomic E-state index is 5.10. The molecule has 15 heavy (non-hydrogen) atoms. The molecule has 0 aromatic heterocycles. The van der Waals surface area contributed by atoms with Crippen LogP contribution in [0.1, 0.15) is 24.8 Å². The van der Waals surface area contributed by atoms with E-state index in [1.165, 1.54) is 38.0 Å². The molecule has 1 aliphatic heterocycles. The Bertz CT molecular complexity index is 323. The fourth-order valence-electron chi connectivity index (χ4n) is 2.01. The summed E-state index contributed by atoms with van der Waals surface area (Å²) >= 11 is 0. The molecule has 0 radical (unpaired) electrons. The van der Waals surface area contributed by atoms with Gasteiger partial charge in [0.1, 0.15) is 0 Å². The highest BCUT2D eigenvalue weighted by atomic mass is 15.1. The van der Waals surface area contributed by atoms with Gasteiger partial charge in [0.05, 0.1) is 6.21 Å². The van der Waals surface area contributed by atoms with Crippen LogP contribution in [0.15, 0.2) is 29.4 Å². The average molecular weight is 203 g/mol. The van der Waals surface area contributed by atoms with Gasteiger partial charge in [0, 0.05) is 18.8 Å². The molecular formula is C12H17N3. The molecule has 0 unspecified atom stereocenters. The van der Waals surface area contributed by atoms with Crippen LogP contribution in [0.5, 0.6) is 0 Å². The summed E-state index contributed by atoms with van der Waals surface area (Å²) in [4.78, 5) is 2.44. The van der Waals surface area contributed by atoms with Gasteiger partial charge in [-0.1, -0.05) is 12.1 Å². The quantitative estimate of drug-likeness (QED) is 0.453. The molecule has 1 fully saturated rings. The standard InChI is InChI=1S/C12H17N3/c13-14-10-11-4-6-12(7-5-11)15-8-2-1-3-9-15/h4-7,10H,1-3,8-9,13H2/b14-10+. The van der Waals surface area contributed by atoms with Gasteiger partial charge >= 0.3 is 0 Å². The SMILES string of the molecule is N/N=C/c1ccc(N2CCCCC2)cc1. The molecule has 1 heterocycles. The van der Waals surface area contributed by atoms with Crippen molar-refractivity contribution in [2.75, 3.05) is 18.0 Å². The predicted molar refractivity (Wildman–Crippen MR) is 64.3 cm³/mol. The van der Waals surface area contributed by atoms with E-state index in [1.54, 1.807) is 6.21 Å². The summed E-state index contributed by atoms with van der Waals surface area (Å²) in [6.07, 6.45) is 5.66. The molecule has 0 saturated carbocycles. The Morgan fingerprint density at radius 3 is 2.33 bits per heavy atom. The number of anilines is 1. The fourth-order valence-corrected chi connectivity index (χ4v) is 2.01. The maximum Gasteiger partial charge on any atom is 0.0538 e.